The molecule has 1 aromatic carbocycles. The number of anilines is 1. The highest BCUT2D eigenvalue weighted by Crippen LogP contribution is 2.23. The number of carbonyl (C=O) groups excluding carboxylic acids is 1. The van der Waals surface area contributed by atoms with E-state index in [1.807, 2.05) is 6.92 Å². The largest absolute Gasteiger partial charge is 0.487 e. The molecule has 5 nitrogen and oxygen atoms in total. The first-order valence-corrected chi connectivity index (χ1v) is 7.15. The van der Waals surface area contributed by atoms with Gasteiger partial charge >= 0.3 is 6.03 Å². The molecule has 0 saturated carbocycles. The molecule has 0 bridgehead atoms. The maximum atomic E-state index is 12.2. The number of alkyl halides is 2. The van der Waals surface area contributed by atoms with Crippen molar-refractivity contribution in [3.05, 3.63) is 23.8 Å². The van der Waals surface area contributed by atoms with Crippen molar-refractivity contribution in [2.75, 3.05) is 31.6 Å². The smallest absolute Gasteiger partial charge is 0.322 e. The van der Waals surface area contributed by atoms with Gasteiger partial charge in [-0.2, -0.15) is 0 Å². The Hall–Kier alpha value is -1.89. The Morgan fingerprint density at radius 1 is 1.55 bits per heavy atom. The van der Waals surface area contributed by atoms with Gasteiger partial charge in [-0.1, -0.05) is 6.07 Å². The second-order valence-electron chi connectivity index (χ2n) is 5.24. The van der Waals surface area contributed by atoms with Crippen LogP contribution in [0.1, 0.15) is 12.5 Å². The fraction of sp³-hybridized carbons (Fsp3) is 0.533. The fourth-order valence-corrected chi connectivity index (χ4v) is 2.19. The van der Waals surface area contributed by atoms with Crippen LogP contribution in [0.25, 0.3) is 0 Å². The first kappa shape index (κ1) is 16.5. The van der Waals surface area contributed by atoms with Gasteiger partial charge in [0.2, 0.25) is 0 Å². The molecule has 122 valence electrons. The van der Waals surface area contributed by atoms with E-state index < -0.39 is 13.0 Å². The van der Waals surface area contributed by atoms with Crippen LogP contribution in [0.4, 0.5) is 19.3 Å². The zero-order valence-electron chi connectivity index (χ0n) is 12.6. The van der Waals surface area contributed by atoms with E-state index >= 15 is 0 Å². The van der Waals surface area contributed by atoms with E-state index in [0.717, 1.165) is 5.56 Å². The van der Waals surface area contributed by atoms with Crippen LogP contribution >= 0.6 is 0 Å². The van der Waals surface area contributed by atoms with Crippen LogP contribution in [-0.2, 0) is 4.74 Å². The van der Waals surface area contributed by atoms with Gasteiger partial charge in [-0.05, 0) is 25.5 Å². The Balaban J connectivity index is 1.99. The summed E-state index contributed by atoms with van der Waals surface area (Å²) < 4.78 is 34.9. The molecule has 0 aliphatic carbocycles. The topological polar surface area (TPSA) is 50.8 Å². The molecule has 1 atom stereocenters. The number of rotatable bonds is 4. The SMILES string of the molecule is Cc1ccc(NC(=O)N2CCO[C@H](C)C2)cc1OCC(F)F. The molecule has 1 aliphatic heterocycles. The summed E-state index contributed by atoms with van der Waals surface area (Å²) in [6.07, 6.45) is -2.53. The zero-order valence-corrected chi connectivity index (χ0v) is 12.6. The van der Waals surface area contributed by atoms with Crippen molar-refractivity contribution in [1.29, 1.82) is 0 Å². The van der Waals surface area contributed by atoms with E-state index in [-0.39, 0.29) is 12.1 Å². The minimum atomic E-state index is -2.53. The minimum Gasteiger partial charge on any atom is -0.487 e. The minimum absolute atomic E-state index is 0.00227. The van der Waals surface area contributed by atoms with Crippen molar-refractivity contribution in [3.8, 4) is 5.75 Å². The van der Waals surface area contributed by atoms with Gasteiger partial charge in [0.05, 0.1) is 12.7 Å². The predicted octanol–water partition coefficient (Wildman–Crippen LogP) is 2.89. The molecule has 1 N–H and O–H groups in total. The molecule has 0 aromatic heterocycles. The number of morpholine rings is 1. The van der Waals surface area contributed by atoms with Crippen molar-refractivity contribution < 1.29 is 23.0 Å². The number of nitrogens with one attached hydrogen (secondary N) is 1. The summed E-state index contributed by atoms with van der Waals surface area (Å²) in [5.74, 6) is 0.341. The third-order valence-corrected chi connectivity index (χ3v) is 3.33. The number of benzene rings is 1. The molecule has 1 heterocycles. The number of amides is 2. The van der Waals surface area contributed by atoms with Crippen LogP contribution in [0, 0.1) is 6.92 Å². The van der Waals surface area contributed by atoms with Crippen LogP contribution in [-0.4, -0.2) is 49.8 Å². The lowest BCUT2D eigenvalue weighted by atomic mass is 10.2. The number of halogens is 2. The molecule has 1 saturated heterocycles. The third-order valence-electron chi connectivity index (χ3n) is 3.33. The molecule has 0 unspecified atom stereocenters. The molecule has 1 aromatic rings. The Kier molecular flexibility index (Phi) is 5.54. The summed E-state index contributed by atoms with van der Waals surface area (Å²) in [5, 5.41) is 2.75. The Morgan fingerprint density at radius 3 is 3.00 bits per heavy atom. The Bertz CT molecular complexity index is 526. The van der Waals surface area contributed by atoms with Crippen LogP contribution < -0.4 is 10.1 Å². The molecule has 2 rings (SSSR count). The molecule has 22 heavy (non-hydrogen) atoms. The Labute approximate surface area is 128 Å². The van der Waals surface area contributed by atoms with Gasteiger partial charge in [0.1, 0.15) is 12.4 Å². The van der Waals surface area contributed by atoms with Crippen molar-refractivity contribution in [3.63, 3.8) is 0 Å². The van der Waals surface area contributed by atoms with E-state index in [1.54, 1.807) is 30.0 Å². The summed E-state index contributed by atoms with van der Waals surface area (Å²) in [5.41, 5.74) is 1.25. The molecule has 0 radical (unpaired) electrons. The maximum Gasteiger partial charge on any atom is 0.322 e. The number of aryl methyl sites for hydroxylation is 1. The number of ether oxygens (including phenoxy) is 2. The number of hydrogen-bond donors (Lipinski definition) is 1. The molecular weight excluding hydrogens is 294 g/mol. The lowest BCUT2D eigenvalue weighted by Crippen LogP contribution is -2.46. The van der Waals surface area contributed by atoms with E-state index in [1.165, 1.54) is 0 Å². The number of carbonyl (C=O) groups is 1. The monoisotopic (exact) mass is 314 g/mol. The van der Waals surface area contributed by atoms with Crippen LogP contribution in [0.15, 0.2) is 18.2 Å². The number of urea groups is 1. The van der Waals surface area contributed by atoms with E-state index in [2.05, 4.69) is 5.32 Å². The van der Waals surface area contributed by atoms with Crippen molar-refractivity contribution in [2.45, 2.75) is 26.4 Å². The van der Waals surface area contributed by atoms with Gasteiger partial charge in [-0.25, -0.2) is 13.6 Å². The van der Waals surface area contributed by atoms with Gasteiger partial charge in [-0.3, -0.25) is 0 Å². The summed E-state index contributed by atoms with van der Waals surface area (Å²) in [7, 11) is 0. The van der Waals surface area contributed by atoms with Crippen LogP contribution in [0.2, 0.25) is 0 Å². The number of hydrogen-bond acceptors (Lipinski definition) is 3. The van der Waals surface area contributed by atoms with Gasteiger partial charge in [0.15, 0.2) is 0 Å². The van der Waals surface area contributed by atoms with Gasteiger partial charge in [-0.15, -0.1) is 0 Å². The lowest BCUT2D eigenvalue weighted by molar-refractivity contribution is -0.00138. The standard InChI is InChI=1S/C15H20F2N2O3/c1-10-3-4-12(7-13(10)22-9-14(16)17)18-15(20)19-5-6-21-11(2)8-19/h3-4,7,11,14H,5-6,8-9H2,1-2H3,(H,18,20)/t11-/m1/s1. The average Bonchev–Trinajstić information content (AvgIpc) is 2.47. The van der Waals surface area contributed by atoms with E-state index in [0.29, 0.717) is 31.1 Å². The van der Waals surface area contributed by atoms with Crippen LogP contribution in [0.3, 0.4) is 0 Å². The number of nitrogens with zero attached hydrogens (tertiary/aromatic N) is 1. The summed E-state index contributed by atoms with van der Waals surface area (Å²) in [6.45, 7) is 4.55. The zero-order chi connectivity index (χ0) is 16.1. The van der Waals surface area contributed by atoms with Gasteiger partial charge in [0, 0.05) is 24.8 Å². The summed E-state index contributed by atoms with van der Waals surface area (Å²) >= 11 is 0. The molecule has 1 aliphatic rings. The van der Waals surface area contributed by atoms with Crippen molar-refractivity contribution in [2.24, 2.45) is 0 Å². The first-order valence-electron chi connectivity index (χ1n) is 7.15. The second-order valence-corrected chi connectivity index (χ2v) is 5.24. The van der Waals surface area contributed by atoms with Crippen LogP contribution in [0.5, 0.6) is 5.75 Å². The highest BCUT2D eigenvalue weighted by molar-refractivity contribution is 5.89. The highest BCUT2D eigenvalue weighted by atomic mass is 19.3. The van der Waals surface area contributed by atoms with Gasteiger partial charge in [0.25, 0.3) is 6.43 Å². The van der Waals surface area contributed by atoms with Gasteiger partial charge < -0.3 is 19.7 Å². The molecule has 7 heteroatoms. The van der Waals surface area contributed by atoms with E-state index in [4.69, 9.17) is 9.47 Å². The highest BCUT2D eigenvalue weighted by Gasteiger charge is 2.21. The second kappa shape index (κ2) is 7.40. The molecule has 0 spiro atoms. The molecule has 1 fully saturated rings. The lowest BCUT2D eigenvalue weighted by Gasteiger charge is -2.31. The third kappa shape index (κ3) is 4.56. The summed E-state index contributed by atoms with van der Waals surface area (Å²) in [6, 6.07) is 4.75. The Morgan fingerprint density at radius 2 is 2.32 bits per heavy atom. The van der Waals surface area contributed by atoms with E-state index in [9.17, 15) is 13.6 Å². The average molecular weight is 314 g/mol. The fourth-order valence-electron chi connectivity index (χ4n) is 2.19. The van der Waals surface area contributed by atoms with Crippen molar-refractivity contribution >= 4 is 11.7 Å². The normalized spacial score (nSPS) is 18.4. The molecule has 2 amide bonds. The quantitative estimate of drug-likeness (QED) is 0.930. The first-order chi connectivity index (χ1) is 10.5. The van der Waals surface area contributed by atoms with Crippen molar-refractivity contribution in [1.82, 2.24) is 4.90 Å². The summed E-state index contributed by atoms with van der Waals surface area (Å²) in [4.78, 5) is 13.8. The predicted molar refractivity (Wildman–Crippen MR) is 78.7 cm³/mol. The maximum absolute atomic E-state index is 12.2. The molecular formula is C15H20F2N2O3.